The zero-order valence-electron chi connectivity index (χ0n) is 20.3. The fraction of sp³-hybridized carbons (Fsp3) is 0.583. The number of nitrogens with zero attached hydrogens (tertiary/aromatic N) is 6. The number of hydrogen-bond acceptors (Lipinski definition) is 10. The first kappa shape index (κ1) is 23.6. The third-order valence-corrected chi connectivity index (χ3v) is 6.42. The van der Waals surface area contributed by atoms with E-state index in [-0.39, 0.29) is 24.4 Å². The van der Waals surface area contributed by atoms with Gasteiger partial charge in [0.15, 0.2) is 12.1 Å². The van der Waals surface area contributed by atoms with Crippen molar-refractivity contribution in [2.24, 2.45) is 0 Å². The summed E-state index contributed by atoms with van der Waals surface area (Å²) in [6.07, 6.45) is 2.07. The van der Waals surface area contributed by atoms with Crippen molar-refractivity contribution < 1.29 is 28.4 Å². The number of fused-ring (bicyclic) bond motifs is 2. The van der Waals surface area contributed by atoms with Gasteiger partial charge in [-0.1, -0.05) is 40.8 Å². The molecule has 192 valence electrons. The molecule has 1 aromatic carbocycles. The second-order valence-corrected chi connectivity index (χ2v) is 9.69. The summed E-state index contributed by atoms with van der Waals surface area (Å²) in [5, 5.41) is 16.4. The van der Waals surface area contributed by atoms with E-state index in [1.807, 2.05) is 55.1 Å². The lowest BCUT2D eigenvalue weighted by Crippen LogP contribution is -2.38. The molecule has 2 fully saturated rings. The third kappa shape index (κ3) is 5.19. The van der Waals surface area contributed by atoms with E-state index in [2.05, 4.69) is 20.6 Å². The first-order chi connectivity index (χ1) is 17.5. The molecule has 1 unspecified atom stereocenters. The summed E-state index contributed by atoms with van der Waals surface area (Å²) in [6, 6.07) is 10.0. The molecular formula is C24H30N6O6. The van der Waals surface area contributed by atoms with Crippen LogP contribution in [0.25, 0.3) is 0 Å². The first-order valence-corrected chi connectivity index (χ1v) is 12.1. The lowest BCUT2D eigenvalue weighted by molar-refractivity contribution is -0.225. The molecule has 2 saturated heterocycles. The highest BCUT2D eigenvalue weighted by atomic mass is 16.8. The van der Waals surface area contributed by atoms with Crippen molar-refractivity contribution in [3.63, 3.8) is 0 Å². The van der Waals surface area contributed by atoms with Crippen LogP contribution in [0.1, 0.15) is 30.8 Å². The van der Waals surface area contributed by atoms with E-state index in [9.17, 15) is 0 Å². The number of rotatable bonds is 9. The predicted octanol–water partition coefficient (Wildman–Crippen LogP) is 1.45. The van der Waals surface area contributed by atoms with Gasteiger partial charge in [-0.05, 0) is 19.4 Å². The molecule has 0 spiro atoms. The molecule has 6 rings (SSSR count). The van der Waals surface area contributed by atoms with Crippen molar-refractivity contribution >= 4 is 0 Å². The molecule has 2 aromatic heterocycles. The number of aromatic nitrogens is 6. The van der Waals surface area contributed by atoms with Crippen LogP contribution in [-0.2, 0) is 61.3 Å². The van der Waals surface area contributed by atoms with Crippen molar-refractivity contribution in [1.29, 1.82) is 0 Å². The quantitative estimate of drug-likeness (QED) is 0.429. The maximum atomic E-state index is 6.25. The Balaban J connectivity index is 1.02. The maximum absolute atomic E-state index is 6.25. The molecule has 5 heterocycles. The molecule has 12 nitrogen and oxygen atoms in total. The average Bonchev–Trinajstić information content (AvgIpc) is 3.63. The molecule has 3 aromatic rings. The van der Waals surface area contributed by atoms with Crippen LogP contribution in [0.2, 0.25) is 0 Å². The van der Waals surface area contributed by atoms with E-state index in [1.54, 1.807) is 10.9 Å². The second kappa shape index (κ2) is 9.96. The van der Waals surface area contributed by atoms with Crippen molar-refractivity contribution in [3.8, 4) is 0 Å². The highest BCUT2D eigenvalue weighted by Crippen LogP contribution is 2.39. The van der Waals surface area contributed by atoms with Gasteiger partial charge in [0.2, 0.25) is 0 Å². The van der Waals surface area contributed by atoms with Crippen molar-refractivity contribution in [3.05, 3.63) is 59.7 Å². The summed E-state index contributed by atoms with van der Waals surface area (Å²) in [6.45, 7) is 6.51. The normalized spacial score (nSPS) is 28.8. The van der Waals surface area contributed by atoms with Gasteiger partial charge in [0.05, 0.1) is 63.7 Å². The Labute approximate surface area is 208 Å². The van der Waals surface area contributed by atoms with Crippen LogP contribution in [0.5, 0.6) is 0 Å². The first-order valence-electron chi connectivity index (χ1n) is 12.1. The van der Waals surface area contributed by atoms with E-state index in [4.69, 9.17) is 28.4 Å². The molecule has 0 bridgehead atoms. The minimum Gasteiger partial charge on any atom is -0.372 e. The summed E-state index contributed by atoms with van der Waals surface area (Å²) in [7, 11) is 0. The molecule has 36 heavy (non-hydrogen) atoms. The van der Waals surface area contributed by atoms with Crippen LogP contribution in [0.4, 0.5) is 0 Å². The molecule has 3 aliphatic heterocycles. The molecule has 3 aliphatic rings. The molecule has 0 amide bonds. The lowest BCUT2D eigenvalue weighted by atomic mass is 10.1. The molecule has 0 saturated carbocycles. The molecule has 0 aliphatic carbocycles. The van der Waals surface area contributed by atoms with Crippen LogP contribution in [0.15, 0.2) is 42.7 Å². The Morgan fingerprint density at radius 3 is 2.89 bits per heavy atom. The Hall–Kier alpha value is -2.74. The largest absolute Gasteiger partial charge is 0.372 e. The van der Waals surface area contributed by atoms with E-state index in [0.717, 1.165) is 17.0 Å². The van der Waals surface area contributed by atoms with E-state index in [0.29, 0.717) is 39.5 Å². The summed E-state index contributed by atoms with van der Waals surface area (Å²) in [4.78, 5) is 0. The molecule has 12 heteroatoms. The van der Waals surface area contributed by atoms with Gasteiger partial charge in [-0.2, -0.15) is 0 Å². The highest BCUT2D eigenvalue weighted by molar-refractivity contribution is 5.13. The minimum atomic E-state index is -0.717. The summed E-state index contributed by atoms with van der Waals surface area (Å²) in [5.41, 5.74) is 2.78. The average molecular weight is 499 g/mol. The smallest absolute Gasteiger partial charge is 0.190 e. The van der Waals surface area contributed by atoms with Gasteiger partial charge in [0.25, 0.3) is 0 Å². The van der Waals surface area contributed by atoms with Gasteiger partial charge in [0, 0.05) is 0 Å². The Morgan fingerprint density at radius 2 is 2.00 bits per heavy atom. The van der Waals surface area contributed by atoms with Crippen molar-refractivity contribution in [2.75, 3.05) is 6.61 Å². The van der Waals surface area contributed by atoms with Crippen LogP contribution in [0, 0.1) is 0 Å². The van der Waals surface area contributed by atoms with Gasteiger partial charge in [-0.25, -0.2) is 9.36 Å². The highest BCUT2D eigenvalue weighted by Gasteiger charge is 2.55. The van der Waals surface area contributed by atoms with Gasteiger partial charge in [-0.3, -0.25) is 0 Å². The van der Waals surface area contributed by atoms with Gasteiger partial charge < -0.3 is 28.4 Å². The Morgan fingerprint density at radius 1 is 1.11 bits per heavy atom. The zero-order valence-corrected chi connectivity index (χ0v) is 20.3. The second-order valence-electron chi connectivity index (χ2n) is 9.69. The van der Waals surface area contributed by atoms with Gasteiger partial charge in [-0.15, -0.1) is 10.2 Å². The molecular weight excluding hydrogens is 468 g/mol. The van der Waals surface area contributed by atoms with Gasteiger partial charge in [0.1, 0.15) is 24.0 Å². The molecule has 0 radical (unpaired) electrons. The van der Waals surface area contributed by atoms with E-state index < -0.39 is 12.1 Å². The minimum absolute atomic E-state index is 0.0484. The maximum Gasteiger partial charge on any atom is 0.190 e. The molecule has 0 N–H and O–H groups in total. The fourth-order valence-corrected chi connectivity index (χ4v) is 4.74. The molecule has 5 atom stereocenters. The zero-order chi connectivity index (χ0) is 24.5. The van der Waals surface area contributed by atoms with E-state index >= 15 is 0 Å². The number of benzene rings is 1. The monoisotopic (exact) mass is 498 g/mol. The van der Waals surface area contributed by atoms with Crippen LogP contribution in [-0.4, -0.2) is 73.1 Å². The third-order valence-electron chi connectivity index (χ3n) is 6.42. The van der Waals surface area contributed by atoms with E-state index in [1.165, 1.54) is 0 Å². The fourth-order valence-electron chi connectivity index (χ4n) is 4.74. The van der Waals surface area contributed by atoms with Gasteiger partial charge >= 0.3 is 0 Å². The van der Waals surface area contributed by atoms with Crippen molar-refractivity contribution in [1.82, 2.24) is 30.0 Å². The SMILES string of the molecule is CC1(C)O[C@H]2O[C@H](COCc3cn(CC4Cn5nncc5CO4)nn3)[C@H](OCc3ccccc3)[C@H]2O1. The van der Waals surface area contributed by atoms with Crippen molar-refractivity contribution in [2.45, 2.75) is 83.3 Å². The van der Waals surface area contributed by atoms with Crippen LogP contribution >= 0.6 is 0 Å². The topological polar surface area (TPSA) is 117 Å². The summed E-state index contributed by atoms with van der Waals surface area (Å²) >= 11 is 0. The van der Waals surface area contributed by atoms with Crippen LogP contribution < -0.4 is 0 Å². The Bertz CT molecular complexity index is 1150. The number of hydrogen-bond donors (Lipinski definition) is 0. The summed E-state index contributed by atoms with van der Waals surface area (Å²) < 4.78 is 39.8. The number of ether oxygens (including phenoxy) is 6. The predicted molar refractivity (Wildman–Crippen MR) is 122 cm³/mol. The lowest BCUT2D eigenvalue weighted by Gasteiger charge is -2.26. The summed E-state index contributed by atoms with van der Waals surface area (Å²) in [5.74, 6) is -0.717. The van der Waals surface area contributed by atoms with Crippen LogP contribution in [0.3, 0.4) is 0 Å². The Kier molecular flexibility index (Phi) is 6.54. The standard InChI is InChI=1S/C24H30N6O6/c1-24(2)35-22-21(33-12-16-6-4-3-5-7-16)20(34-23(22)36-24)15-31-13-17-9-29(28-26-17)10-19-11-30-18(14-32-19)8-25-27-30/h3-9,19-23H,10-15H2,1-2H3/t19?,20-,21+,22-,23-/m1/s1.